The normalized spacial score (nSPS) is 12.0. The molecule has 0 aromatic heterocycles. The Morgan fingerprint density at radius 2 is 1.81 bits per heavy atom. The maximum absolute atomic E-state index is 12.4. The van der Waals surface area contributed by atoms with E-state index in [9.17, 15) is 4.79 Å². The van der Waals surface area contributed by atoms with Crippen molar-refractivity contribution in [1.82, 2.24) is 5.32 Å². The monoisotopic (exact) mass is 282 g/mol. The van der Waals surface area contributed by atoms with Crippen molar-refractivity contribution in [3.63, 3.8) is 0 Å². The van der Waals surface area contributed by atoms with Crippen molar-refractivity contribution in [3.05, 3.63) is 70.8 Å². The summed E-state index contributed by atoms with van der Waals surface area (Å²) in [5, 5.41) is 3.05. The molecule has 1 amide bonds. The van der Waals surface area contributed by atoms with E-state index in [0.717, 1.165) is 28.7 Å². The van der Waals surface area contributed by atoms with Crippen molar-refractivity contribution in [3.8, 4) is 0 Å². The van der Waals surface area contributed by atoms with Crippen LogP contribution in [0.15, 0.2) is 48.5 Å². The van der Waals surface area contributed by atoms with Crippen LogP contribution in [0, 0.1) is 0 Å². The molecule has 0 spiro atoms. The molecule has 110 valence electrons. The van der Waals surface area contributed by atoms with Crippen LogP contribution in [0.1, 0.15) is 46.9 Å². The van der Waals surface area contributed by atoms with E-state index in [-0.39, 0.29) is 11.9 Å². The number of amides is 1. The van der Waals surface area contributed by atoms with Gasteiger partial charge in [0.2, 0.25) is 0 Å². The number of nitrogens with one attached hydrogen (secondary N) is 1. The minimum atomic E-state index is -0.0331. The Morgan fingerprint density at radius 3 is 2.43 bits per heavy atom. The fraction of sp³-hybridized carbons (Fsp3) is 0.278. The molecule has 0 fully saturated rings. The van der Waals surface area contributed by atoms with Gasteiger partial charge in [0, 0.05) is 12.1 Å². The lowest BCUT2D eigenvalue weighted by molar-refractivity contribution is 0.0939. The van der Waals surface area contributed by atoms with Crippen molar-refractivity contribution in [2.75, 3.05) is 0 Å². The standard InChI is InChI=1S/C18H22N2O/c1-3-15-6-4-5-7-17(15)18(21)20-13(2)16-10-8-14(12-19)9-11-16/h4-11,13H,3,12,19H2,1-2H3,(H,20,21). The molecule has 2 rings (SSSR count). The highest BCUT2D eigenvalue weighted by Crippen LogP contribution is 2.16. The fourth-order valence-corrected chi connectivity index (χ4v) is 2.35. The Hall–Kier alpha value is -2.13. The van der Waals surface area contributed by atoms with Crippen molar-refractivity contribution < 1.29 is 4.79 Å². The molecule has 21 heavy (non-hydrogen) atoms. The highest BCUT2D eigenvalue weighted by Gasteiger charge is 2.13. The number of benzene rings is 2. The van der Waals surface area contributed by atoms with Gasteiger partial charge < -0.3 is 11.1 Å². The summed E-state index contributed by atoms with van der Waals surface area (Å²) in [6, 6.07) is 15.7. The average molecular weight is 282 g/mol. The second-order valence-electron chi connectivity index (χ2n) is 5.15. The van der Waals surface area contributed by atoms with Gasteiger partial charge in [-0.05, 0) is 36.1 Å². The first-order valence-electron chi connectivity index (χ1n) is 7.33. The summed E-state index contributed by atoms with van der Waals surface area (Å²) in [7, 11) is 0. The summed E-state index contributed by atoms with van der Waals surface area (Å²) >= 11 is 0. The summed E-state index contributed by atoms with van der Waals surface area (Å²) in [6.07, 6.45) is 0.850. The molecule has 2 aromatic carbocycles. The predicted molar refractivity (Wildman–Crippen MR) is 86.0 cm³/mol. The second kappa shape index (κ2) is 7.04. The van der Waals surface area contributed by atoms with E-state index in [1.807, 2.05) is 55.5 Å². The maximum atomic E-state index is 12.4. The molecule has 0 saturated heterocycles. The van der Waals surface area contributed by atoms with Crippen molar-refractivity contribution in [2.24, 2.45) is 5.73 Å². The van der Waals surface area contributed by atoms with Crippen LogP contribution in [0.2, 0.25) is 0 Å². The van der Waals surface area contributed by atoms with Gasteiger partial charge in [-0.15, -0.1) is 0 Å². The lowest BCUT2D eigenvalue weighted by Gasteiger charge is -2.16. The number of rotatable bonds is 5. The van der Waals surface area contributed by atoms with Crippen LogP contribution >= 0.6 is 0 Å². The van der Waals surface area contributed by atoms with Crippen LogP contribution < -0.4 is 11.1 Å². The first-order chi connectivity index (χ1) is 10.2. The second-order valence-corrected chi connectivity index (χ2v) is 5.15. The van der Waals surface area contributed by atoms with Gasteiger partial charge in [0.15, 0.2) is 0 Å². The highest BCUT2D eigenvalue weighted by atomic mass is 16.1. The molecule has 0 radical (unpaired) electrons. The Balaban J connectivity index is 2.11. The van der Waals surface area contributed by atoms with E-state index in [4.69, 9.17) is 5.73 Å². The van der Waals surface area contributed by atoms with Gasteiger partial charge in [-0.2, -0.15) is 0 Å². The van der Waals surface area contributed by atoms with E-state index in [1.165, 1.54) is 0 Å². The van der Waals surface area contributed by atoms with Gasteiger partial charge in [-0.25, -0.2) is 0 Å². The number of hydrogen-bond acceptors (Lipinski definition) is 2. The average Bonchev–Trinajstić information content (AvgIpc) is 2.54. The van der Waals surface area contributed by atoms with Crippen molar-refractivity contribution in [1.29, 1.82) is 0 Å². The van der Waals surface area contributed by atoms with Crippen LogP contribution in [0.5, 0.6) is 0 Å². The number of hydrogen-bond donors (Lipinski definition) is 2. The summed E-state index contributed by atoms with van der Waals surface area (Å²) in [5.41, 5.74) is 9.59. The van der Waals surface area contributed by atoms with Crippen LogP contribution in [-0.4, -0.2) is 5.91 Å². The SMILES string of the molecule is CCc1ccccc1C(=O)NC(C)c1ccc(CN)cc1. The molecule has 0 saturated carbocycles. The first kappa shape index (κ1) is 15.3. The molecule has 3 heteroatoms. The molecule has 3 N–H and O–H groups in total. The fourth-order valence-electron chi connectivity index (χ4n) is 2.35. The van der Waals surface area contributed by atoms with E-state index in [1.54, 1.807) is 0 Å². The predicted octanol–water partition coefficient (Wildman–Crippen LogP) is 3.20. The minimum absolute atomic E-state index is 0.0251. The molecular formula is C18H22N2O. The number of carbonyl (C=O) groups is 1. The van der Waals surface area contributed by atoms with Crippen LogP contribution in [0.4, 0.5) is 0 Å². The zero-order valence-corrected chi connectivity index (χ0v) is 12.6. The van der Waals surface area contributed by atoms with Gasteiger partial charge in [0.25, 0.3) is 5.91 Å². The van der Waals surface area contributed by atoms with Crippen LogP contribution in [0.3, 0.4) is 0 Å². The molecule has 0 heterocycles. The zero-order valence-electron chi connectivity index (χ0n) is 12.6. The third kappa shape index (κ3) is 3.70. The van der Waals surface area contributed by atoms with Crippen LogP contribution in [-0.2, 0) is 13.0 Å². The molecule has 1 atom stereocenters. The molecular weight excluding hydrogens is 260 g/mol. The maximum Gasteiger partial charge on any atom is 0.252 e. The highest BCUT2D eigenvalue weighted by molar-refractivity contribution is 5.95. The Morgan fingerprint density at radius 1 is 1.14 bits per heavy atom. The molecule has 2 aromatic rings. The van der Waals surface area contributed by atoms with Gasteiger partial charge in [0.05, 0.1) is 6.04 Å². The molecule has 3 nitrogen and oxygen atoms in total. The van der Waals surface area contributed by atoms with Gasteiger partial charge in [0.1, 0.15) is 0 Å². The number of nitrogens with two attached hydrogens (primary N) is 1. The lowest BCUT2D eigenvalue weighted by Crippen LogP contribution is -2.27. The van der Waals surface area contributed by atoms with Crippen LogP contribution in [0.25, 0.3) is 0 Å². The van der Waals surface area contributed by atoms with Gasteiger partial charge >= 0.3 is 0 Å². The quantitative estimate of drug-likeness (QED) is 0.885. The molecule has 0 aliphatic heterocycles. The summed E-state index contributed by atoms with van der Waals surface area (Å²) in [6.45, 7) is 4.58. The molecule has 0 aliphatic rings. The van der Waals surface area contributed by atoms with E-state index in [0.29, 0.717) is 6.54 Å². The third-order valence-electron chi connectivity index (χ3n) is 3.71. The lowest BCUT2D eigenvalue weighted by atomic mass is 10.0. The van der Waals surface area contributed by atoms with Gasteiger partial charge in [-0.3, -0.25) is 4.79 Å². The Bertz CT molecular complexity index is 605. The Labute approximate surface area is 126 Å². The summed E-state index contributed by atoms with van der Waals surface area (Å²) < 4.78 is 0. The van der Waals surface area contributed by atoms with E-state index in [2.05, 4.69) is 12.2 Å². The third-order valence-corrected chi connectivity index (χ3v) is 3.71. The minimum Gasteiger partial charge on any atom is -0.346 e. The summed E-state index contributed by atoms with van der Waals surface area (Å²) in [4.78, 5) is 12.4. The first-order valence-corrected chi connectivity index (χ1v) is 7.33. The largest absolute Gasteiger partial charge is 0.346 e. The van der Waals surface area contributed by atoms with Crippen molar-refractivity contribution in [2.45, 2.75) is 32.9 Å². The number of carbonyl (C=O) groups excluding carboxylic acids is 1. The van der Waals surface area contributed by atoms with Gasteiger partial charge in [-0.1, -0.05) is 49.4 Å². The van der Waals surface area contributed by atoms with E-state index >= 15 is 0 Å². The topological polar surface area (TPSA) is 55.1 Å². The summed E-state index contributed by atoms with van der Waals surface area (Å²) in [5.74, 6) is -0.0251. The number of aryl methyl sites for hydroxylation is 1. The Kier molecular flexibility index (Phi) is 5.12. The molecule has 0 aliphatic carbocycles. The zero-order chi connectivity index (χ0) is 15.2. The smallest absolute Gasteiger partial charge is 0.252 e. The molecule has 1 unspecified atom stereocenters. The van der Waals surface area contributed by atoms with Crippen molar-refractivity contribution >= 4 is 5.91 Å². The molecule has 0 bridgehead atoms. The van der Waals surface area contributed by atoms with E-state index < -0.39 is 0 Å².